The van der Waals surface area contributed by atoms with Crippen molar-refractivity contribution in [2.75, 3.05) is 27.3 Å². The summed E-state index contributed by atoms with van der Waals surface area (Å²) in [5.41, 5.74) is 5.97. The van der Waals surface area contributed by atoms with Crippen molar-refractivity contribution in [3.8, 4) is 33.8 Å². The molecule has 15 nitrogen and oxygen atoms in total. The average molecular weight is 808 g/mol. The molecule has 0 unspecified atom stereocenters. The predicted molar refractivity (Wildman–Crippen MR) is 222 cm³/mol. The Labute approximate surface area is 346 Å². The molecule has 4 N–H and O–H groups in total. The van der Waals surface area contributed by atoms with Crippen LogP contribution in [-0.2, 0) is 19.1 Å². The Morgan fingerprint density at radius 2 is 1.10 bits per heavy atom. The lowest BCUT2D eigenvalue weighted by Gasteiger charge is -2.28. The summed E-state index contributed by atoms with van der Waals surface area (Å²) in [7, 11) is 2.55. The topological polar surface area (TPSA) is 188 Å². The van der Waals surface area contributed by atoms with E-state index in [1.165, 1.54) is 14.2 Å². The Hall–Kier alpha value is -7.29. The van der Waals surface area contributed by atoms with Crippen molar-refractivity contribution in [1.29, 1.82) is 0 Å². The molecule has 60 heavy (non-hydrogen) atoms. The molecule has 8 rings (SSSR count). The average Bonchev–Trinajstić information content (AvgIpc) is 4.15. The maximum absolute atomic E-state index is 13.9. The van der Waals surface area contributed by atoms with E-state index in [4.69, 9.17) is 19.4 Å². The molecule has 2 fully saturated rings. The van der Waals surface area contributed by atoms with Gasteiger partial charge in [0.15, 0.2) is 5.82 Å². The quantitative estimate of drug-likeness (QED) is 0.106. The van der Waals surface area contributed by atoms with Gasteiger partial charge in [-0.2, -0.15) is 5.10 Å². The lowest BCUT2D eigenvalue weighted by molar-refractivity contribution is -0.135. The molecule has 6 aromatic rings. The van der Waals surface area contributed by atoms with Crippen molar-refractivity contribution in [3.63, 3.8) is 0 Å². The molecule has 0 saturated carbocycles. The van der Waals surface area contributed by atoms with E-state index in [0.717, 1.165) is 47.2 Å². The predicted octanol–water partition coefficient (Wildman–Crippen LogP) is 7.05. The van der Waals surface area contributed by atoms with Crippen LogP contribution in [0, 0.1) is 0 Å². The number of benzene rings is 4. The molecule has 15 heteroatoms. The first-order valence-electron chi connectivity index (χ1n) is 19.9. The van der Waals surface area contributed by atoms with Gasteiger partial charge in [0.1, 0.15) is 23.7 Å². The van der Waals surface area contributed by atoms with Gasteiger partial charge in [-0.1, -0.05) is 109 Å². The first kappa shape index (κ1) is 39.5. The molecular weight excluding hydrogens is 763 g/mol. The number of methoxy groups -OCH3 is 2. The fourth-order valence-corrected chi connectivity index (χ4v) is 8.04. The zero-order chi connectivity index (χ0) is 41.6. The number of carbonyl (C=O) groups excluding carboxylic acids is 4. The fraction of sp³-hybridized carbons (Fsp3) is 0.267. The lowest BCUT2D eigenvalue weighted by Crippen LogP contribution is -2.42. The number of H-pyrrole nitrogens is 2. The Balaban J connectivity index is 0.928. The van der Waals surface area contributed by atoms with E-state index in [-0.39, 0.29) is 23.9 Å². The van der Waals surface area contributed by atoms with Crippen LogP contribution in [0.15, 0.2) is 115 Å². The number of amides is 4. The van der Waals surface area contributed by atoms with Crippen LogP contribution < -0.4 is 10.6 Å². The summed E-state index contributed by atoms with van der Waals surface area (Å²) in [6.07, 6.45) is 3.47. The SMILES string of the molecule is COC(=O)N[C@@H](C(=O)N1CCC[C@H]1c1nc(-c2ccc(-c3ccc(-c4cnc([C@@H]5CCCN5C(=O)[C@H](NC(=O)OC)c5ccccc5)[nH]4)cc3)cc2)n[nH]1)c1ccccc1. The van der Waals surface area contributed by atoms with E-state index < -0.39 is 24.3 Å². The van der Waals surface area contributed by atoms with Crippen LogP contribution in [0.5, 0.6) is 0 Å². The van der Waals surface area contributed by atoms with Crippen molar-refractivity contribution in [1.82, 2.24) is 45.6 Å². The number of rotatable bonds is 11. The Morgan fingerprint density at radius 3 is 1.60 bits per heavy atom. The number of aromatic nitrogens is 5. The number of imidazole rings is 1. The summed E-state index contributed by atoms with van der Waals surface area (Å²) in [6.45, 7) is 1.07. The number of hydrogen-bond donors (Lipinski definition) is 4. The standard InChI is InChI=1S/C45H45N9O6/c1-59-44(57)48-37(31-11-5-3-6-12-31)42(55)53-25-9-15-35(53)40-46-27-34(47-40)30-21-17-28(18-22-30)29-19-23-33(24-20-29)39-50-41(52-51-39)36-16-10-26-54(36)43(56)38(49-45(58)60-2)32-13-7-4-8-14-32/h3-8,11-14,17-24,27,35-38H,9-10,15-16,25-26H2,1-2H3,(H,46,47)(H,48,57)(H,49,58)(H,50,51,52)/t35-,36-,37+,38+/m0/s1. The van der Waals surface area contributed by atoms with Crippen LogP contribution in [0.3, 0.4) is 0 Å². The van der Waals surface area contributed by atoms with E-state index in [1.807, 2.05) is 97.1 Å². The number of nitrogens with one attached hydrogen (secondary N) is 4. The second-order valence-corrected chi connectivity index (χ2v) is 14.7. The largest absolute Gasteiger partial charge is 0.453 e. The first-order valence-corrected chi connectivity index (χ1v) is 19.9. The number of nitrogens with zero attached hydrogens (tertiary/aromatic N) is 5. The first-order chi connectivity index (χ1) is 29.3. The van der Waals surface area contributed by atoms with E-state index in [2.05, 4.69) is 25.8 Å². The highest BCUT2D eigenvalue weighted by atomic mass is 16.5. The molecule has 2 aromatic heterocycles. The van der Waals surface area contributed by atoms with Crippen LogP contribution in [-0.4, -0.2) is 86.3 Å². The smallest absolute Gasteiger partial charge is 0.407 e. The molecule has 306 valence electrons. The van der Waals surface area contributed by atoms with Crippen LogP contribution >= 0.6 is 0 Å². The third-order valence-electron chi connectivity index (χ3n) is 11.1. The molecule has 4 amide bonds. The monoisotopic (exact) mass is 807 g/mol. The van der Waals surface area contributed by atoms with Gasteiger partial charge < -0.3 is 34.9 Å². The Kier molecular flexibility index (Phi) is 11.7. The van der Waals surface area contributed by atoms with E-state index >= 15 is 0 Å². The van der Waals surface area contributed by atoms with Gasteiger partial charge in [-0.15, -0.1) is 0 Å². The van der Waals surface area contributed by atoms with Gasteiger partial charge >= 0.3 is 12.2 Å². The van der Waals surface area contributed by atoms with Gasteiger partial charge in [0.2, 0.25) is 0 Å². The summed E-state index contributed by atoms with van der Waals surface area (Å²) < 4.78 is 9.64. The minimum absolute atomic E-state index is 0.220. The molecule has 0 radical (unpaired) electrons. The van der Waals surface area contributed by atoms with Gasteiger partial charge in [0.05, 0.1) is 38.2 Å². The number of likely N-dealkylation sites (tertiary alicyclic amines) is 2. The van der Waals surface area contributed by atoms with Crippen LogP contribution in [0.1, 0.15) is 72.6 Å². The van der Waals surface area contributed by atoms with Gasteiger partial charge in [-0.25, -0.2) is 19.6 Å². The highest BCUT2D eigenvalue weighted by Crippen LogP contribution is 2.36. The molecule has 2 aliphatic heterocycles. The van der Waals surface area contributed by atoms with Gasteiger partial charge in [-0.05, 0) is 53.5 Å². The molecule has 2 aliphatic rings. The highest BCUT2D eigenvalue weighted by Gasteiger charge is 2.38. The molecule has 4 aromatic carbocycles. The van der Waals surface area contributed by atoms with E-state index in [0.29, 0.717) is 48.1 Å². The summed E-state index contributed by atoms with van der Waals surface area (Å²) in [5.74, 6) is 1.33. The maximum Gasteiger partial charge on any atom is 0.407 e. The molecule has 0 bridgehead atoms. The van der Waals surface area contributed by atoms with Crippen LogP contribution in [0.2, 0.25) is 0 Å². The van der Waals surface area contributed by atoms with Crippen molar-refractivity contribution >= 4 is 24.0 Å². The number of alkyl carbamates (subject to hydrolysis) is 2. The third kappa shape index (κ3) is 8.32. The molecule has 0 spiro atoms. The fourth-order valence-electron chi connectivity index (χ4n) is 8.04. The van der Waals surface area contributed by atoms with Gasteiger partial charge in [-0.3, -0.25) is 14.7 Å². The van der Waals surface area contributed by atoms with Crippen LogP contribution in [0.4, 0.5) is 9.59 Å². The van der Waals surface area contributed by atoms with Crippen molar-refractivity contribution < 1.29 is 28.7 Å². The number of ether oxygens (including phenoxy) is 2. The minimum atomic E-state index is -0.904. The highest BCUT2D eigenvalue weighted by molar-refractivity contribution is 5.88. The van der Waals surface area contributed by atoms with E-state index in [1.54, 1.807) is 28.1 Å². The van der Waals surface area contributed by atoms with Crippen molar-refractivity contribution in [3.05, 3.63) is 138 Å². The zero-order valence-electron chi connectivity index (χ0n) is 33.2. The summed E-state index contributed by atoms with van der Waals surface area (Å²) in [6, 6.07) is 32.0. The molecular formula is C45H45N9O6. The number of carbonyl (C=O) groups is 4. The molecule has 4 heterocycles. The number of aromatic amines is 2. The maximum atomic E-state index is 13.9. The van der Waals surface area contributed by atoms with Gasteiger partial charge in [0, 0.05) is 18.7 Å². The van der Waals surface area contributed by atoms with Crippen molar-refractivity contribution in [2.24, 2.45) is 0 Å². The second-order valence-electron chi connectivity index (χ2n) is 14.7. The summed E-state index contributed by atoms with van der Waals surface area (Å²) in [5, 5.41) is 13.0. The number of hydrogen-bond acceptors (Lipinski definition) is 9. The van der Waals surface area contributed by atoms with Crippen molar-refractivity contribution in [2.45, 2.75) is 49.9 Å². The zero-order valence-corrected chi connectivity index (χ0v) is 33.2. The van der Waals surface area contributed by atoms with Gasteiger partial charge in [0.25, 0.3) is 11.8 Å². The third-order valence-corrected chi connectivity index (χ3v) is 11.1. The lowest BCUT2D eigenvalue weighted by atomic mass is 10.0. The Bertz CT molecular complexity index is 2270. The Morgan fingerprint density at radius 1 is 0.633 bits per heavy atom. The van der Waals surface area contributed by atoms with E-state index in [9.17, 15) is 19.2 Å². The summed E-state index contributed by atoms with van der Waals surface area (Å²) >= 11 is 0. The molecule has 2 saturated heterocycles. The molecule has 0 aliphatic carbocycles. The summed E-state index contributed by atoms with van der Waals surface area (Å²) in [4.78, 5) is 68.7. The normalized spacial score (nSPS) is 17.2. The second kappa shape index (κ2) is 17.7. The van der Waals surface area contributed by atoms with Crippen LogP contribution in [0.25, 0.3) is 33.8 Å². The molecule has 4 atom stereocenters. The minimum Gasteiger partial charge on any atom is -0.453 e.